The summed E-state index contributed by atoms with van der Waals surface area (Å²) >= 11 is 0. The minimum absolute atomic E-state index is 0.118. The van der Waals surface area contributed by atoms with Crippen LogP contribution in [0.15, 0.2) is 121 Å². The van der Waals surface area contributed by atoms with Crippen molar-refractivity contribution in [2.24, 2.45) is 11.8 Å². The van der Waals surface area contributed by atoms with Crippen molar-refractivity contribution in [1.82, 2.24) is 0 Å². The molecule has 12 heteroatoms. The number of carbonyl (C=O) groups is 6. The third-order valence-electron chi connectivity index (χ3n) is 9.42. The first kappa shape index (κ1) is 54.8. The van der Waals surface area contributed by atoms with Crippen molar-refractivity contribution in [2.45, 2.75) is 137 Å². The van der Waals surface area contributed by atoms with E-state index in [-0.39, 0.29) is 31.1 Å². The number of rotatable bonds is 14. The summed E-state index contributed by atoms with van der Waals surface area (Å²) in [5.41, 5.74) is 5.06. The van der Waals surface area contributed by atoms with Crippen LogP contribution in [-0.4, -0.2) is 63.5 Å². The lowest BCUT2D eigenvalue weighted by atomic mass is 9.89. The summed E-state index contributed by atoms with van der Waals surface area (Å²) in [6, 6.07) is 36.2. The van der Waals surface area contributed by atoms with Gasteiger partial charge in [0.05, 0.1) is 12.3 Å². The maximum atomic E-state index is 12.5. The van der Waals surface area contributed by atoms with Crippen LogP contribution in [0, 0.1) is 11.8 Å². The lowest BCUT2D eigenvalue weighted by molar-refractivity contribution is -0.231. The first-order valence-corrected chi connectivity index (χ1v) is 22.4. The van der Waals surface area contributed by atoms with Gasteiger partial charge in [-0.2, -0.15) is 0 Å². The molecule has 67 heavy (non-hydrogen) atoms. The van der Waals surface area contributed by atoms with E-state index in [4.69, 9.17) is 14.2 Å². The topological polar surface area (TPSA) is 169 Å². The van der Waals surface area contributed by atoms with Crippen LogP contribution in [0.1, 0.15) is 113 Å². The SMILES string of the molecule is C=C(C[C@H](CC(=O)OC(C)(C)C)Cc1ccc(-c2ccccc2)cc1)C(=O)OC(C)(C)C.CC(C)(C)OC(=O)C[C@H](Cc1ccc(-c2ccccc2)cc1)C(=O)O.CC1(C)OC(=O)CC(=O)O1. The van der Waals surface area contributed by atoms with Gasteiger partial charge in [0.1, 0.15) is 23.2 Å². The highest BCUT2D eigenvalue weighted by molar-refractivity contribution is 5.93. The monoisotopic (exact) mass is 920 g/mol. The Labute approximate surface area is 396 Å². The first-order chi connectivity index (χ1) is 31.1. The molecule has 360 valence electrons. The van der Waals surface area contributed by atoms with E-state index in [0.29, 0.717) is 24.8 Å². The number of carboxylic acid groups (broad SMARTS) is 1. The number of ether oxygens (including phenoxy) is 5. The molecule has 0 aromatic heterocycles. The number of benzene rings is 4. The number of hydrogen-bond acceptors (Lipinski definition) is 11. The van der Waals surface area contributed by atoms with Crippen LogP contribution in [0.4, 0.5) is 0 Å². The molecule has 0 aliphatic carbocycles. The van der Waals surface area contributed by atoms with Crippen LogP contribution >= 0.6 is 0 Å². The number of cyclic esters (lactones) is 2. The highest BCUT2D eigenvalue weighted by Gasteiger charge is 2.34. The van der Waals surface area contributed by atoms with E-state index in [2.05, 4.69) is 52.5 Å². The Morgan fingerprint density at radius 2 is 0.940 bits per heavy atom. The lowest BCUT2D eigenvalue weighted by Gasteiger charge is -2.28. The predicted octanol–water partition coefficient (Wildman–Crippen LogP) is 11.1. The van der Waals surface area contributed by atoms with E-state index in [1.807, 2.05) is 114 Å². The fraction of sp³-hybridized carbons (Fsp3) is 0.418. The van der Waals surface area contributed by atoms with E-state index >= 15 is 0 Å². The third kappa shape index (κ3) is 22.0. The molecule has 0 amide bonds. The Kier molecular flexibility index (Phi) is 19.8. The van der Waals surface area contributed by atoms with Crippen molar-refractivity contribution >= 4 is 35.8 Å². The molecule has 0 saturated carbocycles. The summed E-state index contributed by atoms with van der Waals surface area (Å²) in [5, 5.41) is 9.41. The average Bonchev–Trinajstić information content (AvgIpc) is 3.19. The Bertz CT molecular complexity index is 2260. The van der Waals surface area contributed by atoms with E-state index in [1.54, 1.807) is 20.8 Å². The van der Waals surface area contributed by atoms with E-state index in [1.165, 1.54) is 13.8 Å². The van der Waals surface area contributed by atoms with Crippen LogP contribution in [0.3, 0.4) is 0 Å². The van der Waals surface area contributed by atoms with Gasteiger partial charge in [0.15, 0.2) is 0 Å². The van der Waals surface area contributed by atoms with Gasteiger partial charge in [-0.1, -0.05) is 116 Å². The van der Waals surface area contributed by atoms with Crippen molar-refractivity contribution in [2.75, 3.05) is 0 Å². The molecule has 0 spiro atoms. The van der Waals surface area contributed by atoms with Crippen LogP contribution in [-0.2, 0) is 65.3 Å². The molecule has 2 atom stereocenters. The highest BCUT2D eigenvalue weighted by Crippen LogP contribution is 2.27. The van der Waals surface area contributed by atoms with Crippen molar-refractivity contribution in [3.8, 4) is 22.3 Å². The van der Waals surface area contributed by atoms with Gasteiger partial charge in [0.25, 0.3) is 5.79 Å². The number of aliphatic carboxylic acids is 1. The van der Waals surface area contributed by atoms with Gasteiger partial charge in [-0.05, 0) is 121 Å². The van der Waals surface area contributed by atoms with E-state index < -0.39 is 58.4 Å². The Balaban J connectivity index is 0.000000300. The molecular weight excluding hydrogens is 853 g/mol. The fourth-order valence-corrected chi connectivity index (χ4v) is 6.75. The quantitative estimate of drug-likeness (QED) is 0.0551. The van der Waals surface area contributed by atoms with Gasteiger partial charge in [0, 0.05) is 25.8 Å². The third-order valence-corrected chi connectivity index (χ3v) is 9.42. The Morgan fingerprint density at radius 1 is 0.567 bits per heavy atom. The van der Waals surface area contributed by atoms with Gasteiger partial charge >= 0.3 is 35.8 Å². The second-order valence-electron chi connectivity index (χ2n) is 19.9. The van der Waals surface area contributed by atoms with Crippen LogP contribution in [0.5, 0.6) is 0 Å². The Morgan fingerprint density at radius 3 is 1.31 bits per heavy atom. The maximum absolute atomic E-state index is 12.5. The molecule has 1 N–H and O–H groups in total. The summed E-state index contributed by atoms with van der Waals surface area (Å²) in [6.45, 7) is 23.3. The molecule has 1 aliphatic heterocycles. The zero-order chi connectivity index (χ0) is 50.2. The van der Waals surface area contributed by atoms with Crippen LogP contribution < -0.4 is 0 Å². The molecule has 0 bridgehead atoms. The predicted molar refractivity (Wildman–Crippen MR) is 257 cm³/mol. The largest absolute Gasteiger partial charge is 0.481 e. The summed E-state index contributed by atoms with van der Waals surface area (Å²) < 4.78 is 25.5. The van der Waals surface area contributed by atoms with E-state index in [9.17, 15) is 33.9 Å². The van der Waals surface area contributed by atoms with Crippen LogP contribution in [0.25, 0.3) is 22.3 Å². The highest BCUT2D eigenvalue weighted by atomic mass is 16.7. The van der Waals surface area contributed by atoms with Gasteiger partial charge in [-0.25, -0.2) is 4.79 Å². The molecule has 1 aliphatic rings. The summed E-state index contributed by atoms with van der Waals surface area (Å²) in [5.74, 6) is -5.22. The summed E-state index contributed by atoms with van der Waals surface area (Å²) in [4.78, 5) is 69.5. The number of esters is 5. The average molecular weight is 921 g/mol. The molecule has 1 fully saturated rings. The standard InChI is InChI=1S/C28H36O4.C21H24O4.C6H8O4/c1-20(26(30)32-28(5,6)7)17-22(19-25(29)31-27(2,3)4)18-21-13-15-24(16-14-21)23-11-9-8-10-12-23;1-21(2,3)25-19(22)14-18(20(23)24)13-15-9-11-17(12-10-15)16-7-5-4-6-8-16;1-6(2)9-4(7)3-5(8)10-6/h8-16,22H,1,17-19H2,2-7H3;4-12,18H,13-14H2,1-3H3,(H,23,24);3H2,1-2H3/t22-;18-;/m00./s1. The van der Waals surface area contributed by atoms with Crippen molar-refractivity contribution in [1.29, 1.82) is 0 Å². The van der Waals surface area contributed by atoms with Gasteiger partial charge in [-0.15, -0.1) is 0 Å². The molecule has 1 heterocycles. The van der Waals surface area contributed by atoms with Gasteiger partial charge in [0.2, 0.25) is 0 Å². The van der Waals surface area contributed by atoms with Crippen LogP contribution in [0.2, 0.25) is 0 Å². The zero-order valence-corrected chi connectivity index (χ0v) is 40.9. The second-order valence-corrected chi connectivity index (χ2v) is 19.9. The molecule has 0 radical (unpaired) electrons. The Hall–Kier alpha value is -6.56. The van der Waals surface area contributed by atoms with Gasteiger partial charge in [-0.3, -0.25) is 24.0 Å². The maximum Gasteiger partial charge on any atom is 0.333 e. The number of carbonyl (C=O) groups excluding carboxylic acids is 5. The van der Waals surface area contributed by atoms with Gasteiger partial charge < -0.3 is 28.8 Å². The minimum atomic E-state index is -1.08. The zero-order valence-electron chi connectivity index (χ0n) is 40.9. The van der Waals surface area contributed by atoms with E-state index in [0.717, 1.165) is 33.4 Å². The minimum Gasteiger partial charge on any atom is -0.481 e. The summed E-state index contributed by atoms with van der Waals surface area (Å²) in [6.07, 6.45) is 1.10. The smallest absolute Gasteiger partial charge is 0.333 e. The molecule has 5 rings (SSSR count). The van der Waals surface area contributed by atoms with Crippen molar-refractivity contribution < 1.29 is 57.6 Å². The molecule has 4 aromatic rings. The normalized spacial score (nSPS) is 14.2. The number of carboxylic acids is 1. The van der Waals surface area contributed by atoms with Crippen molar-refractivity contribution in [3.05, 3.63) is 132 Å². The molecule has 1 saturated heterocycles. The molecule has 0 unspecified atom stereocenters. The molecule has 12 nitrogen and oxygen atoms in total. The lowest BCUT2D eigenvalue weighted by Crippen LogP contribution is -2.39. The van der Waals surface area contributed by atoms with Crippen molar-refractivity contribution in [3.63, 3.8) is 0 Å². The molecular formula is C55H68O12. The fourth-order valence-electron chi connectivity index (χ4n) is 6.75. The first-order valence-electron chi connectivity index (χ1n) is 22.4. The summed E-state index contributed by atoms with van der Waals surface area (Å²) in [7, 11) is 0. The number of hydrogen-bond donors (Lipinski definition) is 1. The second kappa shape index (κ2) is 24.3. The molecule has 4 aromatic carbocycles.